The molecule has 1 aliphatic heterocycles. The van der Waals surface area contributed by atoms with Crippen LogP contribution >= 0.6 is 0 Å². The minimum absolute atomic E-state index is 0.0852. The molecule has 0 unspecified atom stereocenters. The lowest BCUT2D eigenvalue weighted by molar-refractivity contribution is -0.204. The second-order valence-corrected chi connectivity index (χ2v) is 2.83. The first kappa shape index (κ1) is 10.2. The Morgan fingerprint density at radius 3 is 2.31 bits per heavy atom. The molecule has 0 aliphatic carbocycles. The summed E-state index contributed by atoms with van der Waals surface area (Å²) in [6.07, 6.45) is -5.05. The van der Waals surface area contributed by atoms with E-state index in [-0.39, 0.29) is 13.1 Å². The Hall–Kier alpha value is -0.850. The Kier molecular flexibility index (Phi) is 2.47. The maximum Gasteiger partial charge on any atom is 0.490 e. The monoisotopic (exact) mass is 201 g/mol. The molecule has 0 aromatic heterocycles. The van der Waals surface area contributed by atoms with Gasteiger partial charge in [0.15, 0.2) is 5.67 Å². The van der Waals surface area contributed by atoms with E-state index in [1.807, 2.05) is 0 Å². The Balaban J connectivity index is 2.30. The van der Waals surface area contributed by atoms with Crippen molar-refractivity contribution in [2.45, 2.75) is 11.8 Å². The quantitative estimate of drug-likeness (QED) is 0.519. The summed E-state index contributed by atoms with van der Waals surface area (Å²) in [7, 11) is 0. The number of halogens is 4. The molecule has 1 fully saturated rings. The van der Waals surface area contributed by atoms with E-state index in [1.54, 1.807) is 0 Å². The van der Waals surface area contributed by atoms with Crippen molar-refractivity contribution in [1.82, 2.24) is 5.32 Å². The van der Waals surface area contributed by atoms with Crippen LogP contribution in [0, 0.1) is 0 Å². The fourth-order valence-electron chi connectivity index (χ4n) is 0.775. The van der Waals surface area contributed by atoms with Crippen molar-refractivity contribution in [1.29, 1.82) is 0 Å². The number of carbonyl (C=O) groups excluding carboxylic acids is 1. The van der Waals surface area contributed by atoms with Crippen molar-refractivity contribution in [3.8, 4) is 0 Å². The van der Waals surface area contributed by atoms with Gasteiger partial charge in [0.1, 0.15) is 6.61 Å². The van der Waals surface area contributed by atoms with Crippen LogP contribution in [0.25, 0.3) is 0 Å². The van der Waals surface area contributed by atoms with Gasteiger partial charge in [-0.05, 0) is 0 Å². The number of ether oxygens (including phenoxy) is 1. The van der Waals surface area contributed by atoms with Gasteiger partial charge in [-0.15, -0.1) is 0 Å². The third kappa shape index (κ3) is 2.55. The molecule has 0 aromatic rings. The predicted octanol–water partition coefficient (Wildman–Crippen LogP) is 0.403. The molecule has 3 nitrogen and oxygen atoms in total. The average Bonchev–Trinajstić information content (AvgIpc) is 1.94. The minimum Gasteiger partial charge on any atom is -0.456 e. The standard InChI is InChI=1S/C6H7F4NO2/c7-5(1-11-2-5)3-13-4(12)6(8,9)10/h11H,1-3H2. The molecule has 0 saturated carbocycles. The second kappa shape index (κ2) is 3.13. The summed E-state index contributed by atoms with van der Waals surface area (Å²) in [5, 5.41) is 2.52. The van der Waals surface area contributed by atoms with E-state index in [1.165, 1.54) is 0 Å². The maximum absolute atomic E-state index is 12.9. The number of esters is 1. The fraction of sp³-hybridized carbons (Fsp3) is 0.833. The van der Waals surface area contributed by atoms with E-state index in [0.717, 1.165) is 0 Å². The molecule has 13 heavy (non-hydrogen) atoms. The van der Waals surface area contributed by atoms with Gasteiger partial charge >= 0.3 is 12.1 Å². The highest BCUT2D eigenvalue weighted by Crippen LogP contribution is 2.21. The molecule has 0 atom stereocenters. The molecule has 1 heterocycles. The van der Waals surface area contributed by atoms with Gasteiger partial charge in [-0.25, -0.2) is 9.18 Å². The van der Waals surface area contributed by atoms with Crippen molar-refractivity contribution in [3.63, 3.8) is 0 Å². The van der Waals surface area contributed by atoms with Crippen LogP contribution in [0.15, 0.2) is 0 Å². The summed E-state index contributed by atoms with van der Waals surface area (Å²) in [4.78, 5) is 10.1. The first-order valence-electron chi connectivity index (χ1n) is 3.47. The zero-order valence-corrected chi connectivity index (χ0v) is 6.45. The molecule has 1 aliphatic rings. The topological polar surface area (TPSA) is 38.3 Å². The van der Waals surface area contributed by atoms with Crippen LogP contribution in [0.1, 0.15) is 0 Å². The van der Waals surface area contributed by atoms with E-state index in [0.29, 0.717) is 0 Å². The summed E-state index contributed by atoms with van der Waals surface area (Å²) in [5.74, 6) is -2.35. The van der Waals surface area contributed by atoms with Crippen molar-refractivity contribution >= 4 is 5.97 Å². The van der Waals surface area contributed by atoms with E-state index in [4.69, 9.17) is 0 Å². The molecule has 1 rings (SSSR count). The van der Waals surface area contributed by atoms with Crippen LogP contribution in [0.4, 0.5) is 17.6 Å². The van der Waals surface area contributed by atoms with Gasteiger partial charge in [0.2, 0.25) is 0 Å². The van der Waals surface area contributed by atoms with E-state index in [2.05, 4.69) is 10.1 Å². The number of nitrogens with one attached hydrogen (secondary N) is 1. The van der Waals surface area contributed by atoms with E-state index in [9.17, 15) is 22.4 Å². The van der Waals surface area contributed by atoms with Gasteiger partial charge in [-0.1, -0.05) is 0 Å². The maximum atomic E-state index is 12.9. The van der Waals surface area contributed by atoms with Gasteiger partial charge in [0, 0.05) is 13.1 Å². The average molecular weight is 201 g/mol. The van der Waals surface area contributed by atoms with Gasteiger partial charge in [-0.3, -0.25) is 0 Å². The lowest BCUT2D eigenvalue weighted by Crippen LogP contribution is -2.59. The number of hydrogen-bond acceptors (Lipinski definition) is 3. The lowest BCUT2D eigenvalue weighted by atomic mass is 10.0. The predicted molar refractivity (Wildman–Crippen MR) is 33.7 cm³/mol. The molecule has 7 heteroatoms. The third-order valence-electron chi connectivity index (χ3n) is 1.58. The molecular formula is C6H7F4NO2. The van der Waals surface area contributed by atoms with Gasteiger partial charge in [0.25, 0.3) is 0 Å². The van der Waals surface area contributed by atoms with Crippen LogP contribution in [0.3, 0.4) is 0 Å². The van der Waals surface area contributed by atoms with Crippen LogP contribution in [-0.4, -0.2) is 37.5 Å². The van der Waals surface area contributed by atoms with Crippen LogP contribution in [0.2, 0.25) is 0 Å². The van der Waals surface area contributed by atoms with Crippen LogP contribution in [0.5, 0.6) is 0 Å². The smallest absolute Gasteiger partial charge is 0.456 e. The number of alkyl halides is 4. The summed E-state index contributed by atoms with van der Waals surface area (Å²) in [6, 6.07) is 0. The second-order valence-electron chi connectivity index (χ2n) is 2.83. The first-order valence-corrected chi connectivity index (χ1v) is 3.47. The van der Waals surface area contributed by atoms with Crippen molar-refractivity contribution < 1.29 is 27.1 Å². The fourth-order valence-corrected chi connectivity index (χ4v) is 0.775. The Morgan fingerprint density at radius 2 is 2.00 bits per heavy atom. The molecular weight excluding hydrogens is 194 g/mol. The SMILES string of the molecule is O=C(OCC1(F)CNC1)C(F)(F)F. The van der Waals surface area contributed by atoms with Gasteiger partial charge in [-0.2, -0.15) is 13.2 Å². The Morgan fingerprint density at radius 1 is 1.46 bits per heavy atom. The normalized spacial score (nSPS) is 20.6. The van der Waals surface area contributed by atoms with Crippen LogP contribution < -0.4 is 5.32 Å². The third-order valence-corrected chi connectivity index (χ3v) is 1.58. The molecule has 0 spiro atoms. The number of rotatable bonds is 2. The summed E-state index contributed by atoms with van der Waals surface area (Å²) >= 11 is 0. The number of carbonyl (C=O) groups is 1. The Bertz CT molecular complexity index is 211. The first-order chi connectivity index (χ1) is 5.83. The van der Waals surface area contributed by atoms with Gasteiger partial charge < -0.3 is 10.1 Å². The summed E-state index contributed by atoms with van der Waals surface area (Å²) in [6.45, 7) is -1.02. The largest absolute Gasteiger partial charge is 0.490 e. The molecule has 1 N–H and O–H groups in total. The highest BCUT2D eigenvalue weighted by molar-refractivity contribution is 5.75. The van der Waals surface area contributed by atoms with Crippen molar-refractivity contribution in [2.75, 3.05) is 19.7 Å². The molecule has 0 radical (unpaired) electrons. The molecule has 0 aromatic carbocycles. The molecule has 0 bridgehead atoms. The molecule has 0 amide bonds. The van der Waals surface area contributed by atoms with Crippen LogP contribution in [-0.2, 0) is 9.53 Å². The van der Waals surface area contributed by atoms with E-state index < -0.39 is 24.4 Å². The highest BCUT2D eigenvalue weighted by atomic mass is 19.4. The lowest BCUT2D eigenvalue weighted by Gasteiger charge is -2.33. The molecule has 1 saturated heterocycles. The van der Waals surface area contributed by atoms with E-state index >= 15 is 0 Å². The van der Waals surface area contributed by atoms with Crippen molar-refractivity contribution in [3.05, 3.63) is 0 Å². The summed E-state index contributed by atoms with van der Waals surface area (Å²) < 4.78 is 51.3. The Labute approximate surface area is 71.0 Å². The zero-order chi connectivity index (χ0) is 10.1. The van der Waals surface area contributed by atoms with Crippen molar-refractivity contribution in [2.24, 2.45) is 0 Å². The number of hydrogen-bond donors (Lipinski definition) is 1. The molecule has 76 valence electrons. The minimum atomic E-state index is -5.05. The van der Waals surface area contributed by atoms with Gasteiger partial charge in [0.05, 0.1) is 0 Å². The highest BCUT2D eigenvalue weighted by Gasteiger charge is 2.44. The zero-order valence-electron chi connectivity index (χ0n) is 6.45. The summed E-state index contributed by atoms with van der Waals surface area (Å²) in [5.41, 5.74) is -1.83.